The lowest BCUT2D eigenvalue weighted by atomic mass is 9.96. The zero-order valence-electron chi connectivity index (χ0n) is 10.0. The summed E-state index contributed by atoms with van der Waals surface area (Å²) in [7, 11) is 0. The zero-order chi connectivity index (χ0) is 12.4. The number of ketones is 1. The first-order chi connectivity index (χ1) is 8.15. The van der Waals surface area contributed by atoms with E-state index in [1.807, 2.05) is 0 Å². The van der Waals surface area contributed by atoms with Gasteiger partial charge >= 0.3 is 0 Å². The topological polar surface area (TPSA) is 60.9 Å². The summed E-state index contributed by atoms with van der Waals surface area (Å²) in [6.07, 6.45) is 5.57. The molecule has 1 aromatic heterocycles. The summed E-state index contributed by atoms with van der Waals surface area (Å²) in [5, 5.41) is 4.23. The molecule has 0 spiro atoms. The minimum atomic E-state index is -0.0291. The molecule has 1 aliphatic rings. The molecule has 2 N–H and O–H groups in total. The van der Waals surface area contributed by atoms with Crippen LogP contribution < -0.4 is 5.73 Å². The average Bonchev–Trinajstić information content (AvgIpc) is 2.86. The predicted octanol–water partition coefficient (Wildman–Crippen LogP) is 2.37. The highest BCUT2D eigenvalue weighted by molar-refractivity contribution is 9.10. The average molecular weight is 300 g/mol. The van der Waals surface area contributed by atoms with Gasteiger partial charge in [0, 0.05) is 18.5 Å². The highest BCUT2D eigenvalue weighted by Gasteiger charge is 2.33. The van der Waals surface area contributed by atoms with Crippen LogP contribution in [0.25, 0.3) is 0 Å². The molecule has 0 radical (unpaired) electrons. The monoisotopic (exact) mass is 299 g/mol. The molecular weight excluding hydrogens is 282 g/mol. The highest BCUT2D eigenvalue weighted by atomic mass is 79.9. The summed E-state index contributed by atoms with van der Waals surface area (Å²) in [6, 6.07) is 0.0133. The minimum absolute atomic E-state index is 0.0133. The maximum atomic E-state index is 12.5. The first kappa shape index (κ1) is 12.8. The molecule has 17 heavy (non-hydrogen) atoms. The molecule has 94 valence electrons. The van der Waals surface area contributed by atoms with E-state index < -0.39 is 0 Å². The van der Waals surface area contributed by atoms with Crippen molar-refractivity contribution in [3.63, 3.8) is 0 Å². The van der Waals surface area contributed by atoms with Gasteiger partial charge in [0.25, 0.3) is 0 Å². The molecule has 2 rings (SSSR count). The number of Topliss-reactive ketones (excluding diaryl/α,β-unsaturated/α-hetero) is 1. The van der Waals surface area contributed by atoms with Crippen molar-refractivity contribution in [3.05, 3.63) is 16.4 Å². The Morgan fingerprint density at radius 3 is 3.00 bits per heavy atom. The van der Waals surface area contributed by atoms with Gasteiger partial charge in [0.05, 0.1) is 10.7 Å². The van der Waals surface area contributed by atoms with E-state index in [0.717, 1.165) is 36.7 Å². The lowest BCUT2D eigenvalue weighted by molar-refractivity contribution is 0.0901. The van der Waals surface area contributed by atoms with Gasteiger partial charge in [-0.3, -0.25) is 9.48 Å². The van der Waals surface area contributed by atoms with Crippen molar-refractivity contribution >= 4 is 21.7 Å². The molecule has 1 heterocycles. The normalized spacial score (nSPS) is 24.2. The van der Waals surface area contributed by atoms with Gasteiger partial charge in [0.2, 0.25) is 0 Å². The lowest BCUT2D eigenvalue weighted by Crippen LogP contribution is -2.32. The first-order valence-corrected chi connectivity index (χ1v) is 6.95. The molecule has 1 aromatic rings. The van der Waals surface area contributed by atoms with E-state index in [2.05, 4.69) is 28.0 Å². The van der Waals surface area contributed by atoms with Crippen LogP contribution in [0.2, 0.25) is 0 Å². The number of aryl methyl sites for hydroxylation is 1. The second-order valence-electron chi connectivity index (χ2n) is 4.63. The second kappa shape index (κ2) is 5.31. The van der Waals surface area contributed by atoms with Crippen molar-refractivity contribution in [1.82, 2.24) is 9.78 Å². The fourth-order valence-corrected chi connectivity index (χ4v) is 2.97. The number of rotatable bonds is 4. The van der Waals surface area contributed by atoms with Crippen molar-refractivity contribution in [3.8, 4) is 0 Å². The van der Waals surface area contributed by atoms with E-state index in [1.165, 1.54) is 0 Å². The van der Waals surface area contributed by atoms with E-state index in [-0.39, 0.29) is 17.7 Å². The molecule has 2 unspecified atom stereocenters. The second-order valence-corrected chi connectivity index (χ2v) is 5.48. The Morgan fingerprint density at radius 1 is 1.65 bits per heavy atom. The number of halogens is 1. The molecule has 1 aliphatic carbocycles. The third-order valence-electron chi connectivity index (χ3n) is 3.37. The fraction of sp³-hybridized carbons (Fsp3) is 0.667. The number of hydrogen-bond acceptors (Lipinski definition) is 3. The molecular formula is C12H18BrN3O. The molecule has 2 atom stereocenters. The standard InChI is InChI=1S/C12H18BrN3O/c1-2-6-16-11(9(13)7-15-16)12(17)8-4-3-5-10(8)14/h7-8,10H,2-6,14H2,1H3. The Kier molecular flexibility index (Phi) is 3.99. The van der Waals surface area contributed by atoms with Gasteiger partial charge in [-0.15, -0.1) is 0 Å². The number of aromatic nitrogens is 2. The first-order valence-electron chi connectivity index (χ1n) is 6.16. The van der Waals surface area contributed by atoms with Gasteiger partial charge in [-0.05, 0) is 35.2 Å². The largest absolute Gasteiger partial charge is 0.327 e. The van der Waals surface area contributed by atoms with Crippen LogP contribution in [0, 0.1) is 5.92 Å². The summed E-state index contributed by atoms with van der Waals surface area (Å²) in [4.78, 5) is 12.5. The van der Waals surface area contributed by atoms with E-state index in [0.29, 0.717) is 5.69 Å². The minimum Gasteiger partial charge on any atom is -0.327 e. The number of carbonyl (C=O) groups is 1. The summed E-state index contributed by atoms with van der Waals surface area (Å²) in [6.45, 7) is 2.85. The summed E-state index contributed by atoms with van der Waals surface area (Å²) in [5.74, 6) is 0.117. The molecule has 0 aliphatic heterocycles. The Morgan fingerprint density at radius 2 is 2.41 bits per heavy atom. The maximum Gasteiger partial charge on any atom is 0.186 e. The molecule has 4 nitrogen and oxygen atoms in total. The Bertz CT molecular complexity index is 416. The van der Waals surface area contributed by atoms with Crippen LogP contribution in [0.5, 0.6) is 0 Å². The smallest absolute Gasteiger partial charge is 0.186 e. The van der Waals surface area contributed by atoms with Crippen LogP contribution in [-0.2, 0) is 6.54 Å². The van der Waals surface area contributed by atoms with Crippen molar-refractivity contribution < 1.29 is 4.79 Å². The number of carbonyl (C=O) groups excluding carboxylic acids is 1. The summed E-state index contributed by atoms with van der Waals surface area (Å²) in [5.41, 5.74) is 6.68. The summed E-state index contributed by atoms with van der Waals surface area (Å²) < 4.78 is 2.58. The molecule has 0 amide bonds. The van der Waals surface area contributed by atoms with Gasteiger partial charge in [0.1, 0.15) is 5.69 Å². The van der Waals surface area contributed by atoms with E-state index in [9.17, 15) is 4.79 Å². The number of nitrogens with zero attached hydrogens (tertiary/aromatic N) is 2. The maximum absolute atomic E-state index is 12.5. The molecule has 1 fully saturated rings. The number of nitrogens with two attached hydrogens (primary N) is 1. The Hall–Kier alpha value is -0.680. The quantitative estimate of drug-likeness (QED) is 0.868. The Labute approximate surface area is 110 Å². The Balaban J connectivity index is 2.26. The van der Waals surface area contributed by atoms with Crippen LogP contribution in [0.4, 0.5) is 0 Å². The van der Waals surface area contributed by atoms with Crippen LogP contribution in [-0.4, -0.2) is 21.6 Å². The van der Waals surface area contributed by atoms with Gasteiger partial charge in [-0.1, -0.05) is 13.3 Å². The molecule has 0 saturated heterocycles. The van der Waals surface area contributed by atoms with Crippen LogP contribution >= 0.6 is 15.9 Å². The fourth-order valence-electron chi connectivity index (χ4n) is 2.48. The van der Waals surface area contributed by atoms with Crippen molar-refractivity contribution in [2.75, 3.05) is 0 Å². The van der Waals surface area contributed by atoms with Gasteiger partial charge < -0.3 is 5.73 Å². The SMILES string of the molecule is CCCn1ncc(Br)c1C(=O)C1CCCC1N. The van der Waals surface area contributed by atoms with Crippen molar-refractivity contribution in [2.24, 2.45) is 11.7 Å². The molecule has 5 heteroatoms. The van der Waals surface area contributed by atoms with Crippen LogP contribution in [0.15, 0.2) is 10.7 Å². The molecule has 1 saturated carbocycles. The zero-order valence-corrected chi connectivity index (χ0v) is 11.6. The van der Waals surface area contributed by atoms with E-state index >= 15 is 0 Å². The van der Waals surface area contributed by atoms with Gasteiger partial charge in [-0.2, -0.15) is 5.10 Å². The van der Waals surface area contributed by atoms with E-state index in [4.69, 9.17) is 5.73 Å². The highest BCUT2D eigenvalue weighted by Crippen LogP contribution is 2.29. The van der Waals surface area contributed by atoms with Gasteiger partial charge in [0.15, 0.2) is 5.78 Å². The van der Waals surface area contributed by atoms with Crippen molar-refractivity contribution in [1.29, 1.82) is 0 Å². The lowest BCUT2D eigenvalue weighted by Gasteiger charge is -2.15. The number of hydrogen-bond donors (Lipinski definition) is 1. The third-order valence-corrected chi connectivity index (χ3v) is 3.95. The predicted molar refractivity (Wildman–Crippen MR) is 69.9 cm³/mol. The van der Waals surface area contributed by atoms with Gasteiger partial charge in [-0.25, -0.2) is 0 Å². The third kappa shape index (κ3) is 2.45. The van der Waals surface area contributed by atoms with Crippen LogP contribution in [0.1, 0.15) is 43.1 Å². The van der Waals surface area contributed by atoms with Crippen LogP contribution in [0.3, 0.4) is 0 Å². The van der Waals surface area contributed by atoms with Crippen molar-refractivity contribution in [2.45, 2.75) is 45.2 Å². The molecule has 0 aromatic carbocycles. The molecule has 0 bridgehead atoms. The summed E-state index contributed by atoms with van der Waals surface area (Å²) >= 11 is 3.41. The van der Waals surface area contributed by atoms with E-state index in [1.54, 1.807) is 10.9 Å².